The molecule has 0 heterocycles. The van der Waals surface area contributed by atoms with Gasteiger partial charge in [0.25, 0.3) is 0 Å². The molecule has 0 saturated carbocycles. The first-order valence-corrected chi connectivity index (χ1v) is 8.23. The van der Waals surface area contributed by atoms with Crippen LogP contribution in [0.4, 0.5) is 0 Å². The van der Waals surface area contributed by atoms with Crippen LogP contribution in [-0.2, 0) is 0 Å². The molecule has 5 aromatic rings. The van der Waals surface area contributed by atoms with Gasteiger partial charge in [0.15, 0.2) is 0 Å². The van der Waals surface area contributed by atoms with Crippen molar-refractivity contribution in [2.75, 3.05) is 0 Å². The molecule has 0 unspecified atom stereocenters. The number of benzene rings is 5. The zero-order valence-electron chi connectivity index (χ0n) is 22.7. The van der Waals surface area contributed by atoms with Crippen LogP contribution in [0.5, 0.6) is 0 Å². The fraction of sp³-hybridized carbons (Fsp3) is 0. The summed E-state index contributed by atoms with van der Waals surface area (Å²) in [5, 5.41) is -0.0326. The van der Waals surface area contributed by atoms with Gasteiger partial charge in [-0.05, 0) is 55.9 Å². The minimum absolute atomic E-state index is 0.0590. The molecular weight excluding hydrogens is 312 g/mol. The van der Waals surface area contributed by atoms with Gasteiger partial charge in [0, 0.05) is 0 Å². The standard InChI is InChI=1S/C26H18/c1-2-9-19(10-3-1)20-13-8-14-23(17-20)26-24-15-6-4-11-21(24)18-22-12-5-7-16-25(22)26/h1-18H/i4D,5D,6D,7D,11D,12D,15D,16D,18D. The number of fused-ring (bicyclic) bond motifs is 2. The van der Waals surface area contributed by atoms with Crippen LogP contribution in [0, 0.1) is 0 Å². The quantitative estimate of drug-likeness (QED) is 0.295. The van der Waals surface area contributed by atoms with Crippen LogP contribution < -0.4 is 0 Å². The zero-order chi connectivity index (χ0) is 25.2. The molecule has 0 N–H and O–H groups in total. The van der Waals surface area contributed by atoms with Crippen molar-refractivity contribution in [2.24, 2.45) is 0 Å². The molecule has 5 rings (SSSR count). The van der Waals surface area contributed by atoms with E-state index in [-0.39, 0.29) is 45.2 Å². The maximum Gasteiger partial charge on any atom is 0.0636 e. The molecule has 0 nitrogen and oxygen atoms in total. The molecule has 26 heavy (non-hydrogen) atoms. The Balaban J connectivity index is 2.08. The molecular formula is C26H18. The number of hydrogen-bond donors (Lipinski definition) is 0. The van der Waals surface area contributed by atoms with Crippen molar-refractivity contribution in [1.29, 1.82) is 0 Å². The molecule has 0 radical (unpaired) electrons. The first-order valence-electron chi connectivity index (χ1n) is 12.7. The summed E-state index contributed by atoms with van der Waals surface area (Å²) in [6.07, 6.45) is 0. The van der Waals surface area contributed by atoms with Crippen LogP contribution in [0.25, 0.3) is 43.8 Å². The molecule has 0 aromatic heterocycles. The lowest BCUT2D eigenvalue weighted by atomic mass is 9.90. The molecule has 0 aliphatic heterocycles. The van der Waals surface area contributed by atoms with Crippen molar-refractivity contribution < 1.29 is 12.3 Å². The van der Waals surface area contributed by atoms with Gasteiger partial charge in [-0.25, -0.2) is 0 Å². The van der Waals surface area contributed by atoms with E-state index >= 15 is 0 Å². The van der Waals surface area contributed by atoms with Crippen LogP contribution in [0.1, 0.15) is 12.3 Å². The van der Waals surface area contributed by atoms with Crippen LogP contribution >= 0.6 is 0 Å². The second-order valence-electron chi connectivity index (χ2n) is 5.95. The van der Waals surface area contributed by atoms with Crippen LogP contribution in [-0.4, -0.2) is 0 Å². The minimum atomic E-state index is -0.500. The van der Waals surface area contributed by atoms with Crippen molar-refractivity contribution in [2.45, 2.75) is 0 Å². The molecule has 0 aliphatic rings. The lowest BCUT2D eigenvalue weighted by Crippen LogP contribution is -1.86. The van der Waals surface area contributed by atoms with Crippen molar-refractivity contribution >= 4 is 21.5 Å². The van der Waals surface area contributed by atoms with Gasteiger partial charge in [0.1, 0.15) is 0 Å². The van der Waals surface area contributed by atoms with E-state index in [1.165, 1.54) is 0 Å². The molecule has 0 saturated heterocycles. The van der Waals surface area contributed by atoms with Crippen LogP contribution in [0.3, 0.4) is 0 Å². The predicted octanol–water partition coefficient (Wildman–Crippen LogP) is 7.33. The third-order valence-electron chi connectivity index (χ3n) is 4.38. The Labute approximate surface area is 166 Å². The normalized spacial score (nSPS) is 15.9. The highest BCUT2D eigenvalue weighted by atomic mass is 14.1. The van der Waals surface area contributed by atoms with E-state index in [1.807, 2.05) is 42.5 Å². The third-order valence-corrected chi connectivity index (χ3v) is 4.38. The van der Waals surface area contributed by atoms with E-state index in [4.69, 9.17) is 12.3 Å². The summed E-state index contributed by atoms with van der Waals surface area (Å²) in [7, 11) is 0. The molecule has 0 spiro atoms. The van der Waals surface area contributed by atoms with Gasteiger partial charge >= 0.3 is 0 Å². The summed E-state index contributed by atoms with van der Waals surface area (Å²) in [5.74, 6) is 0. The molecule has 0 fully saturated rings. The smallest absolute Gasteiger partial charge is 0.0622 e. The molecule has 0 bridgehead atoms. The maximum absolute atomic E-state index is 8.78. The molecule has 5 aromatic carbocycles. The molecule has 122 valence electrons. The predicted molar refractivity (Wildman–Crippen MR) is 112 cm³/mol. The highest BCUT2D eigenvalue weighted by molar-refractivity contribution is 6.12. The Morgan fingerprint density at radius 1 is 0.538 bits per heavy atom. The van der Waals surface area contributed by atoms with Gasteiger partial charge in [-0.1, -0.05) is 96.9 Å². The first-order chi connectivity index (χ1) is 16.6. The Bertz CT molecular complexity index is 1590. The topological polar surface area (TPSA) is 0 Å². The van der Waals surface area contributed by atoms with Gasteiger partial charge in [-0.2, -0.15) is 0 Å². The summed E-state index contributed by atoms with van der Waals surface area (Å²) in [5.41, 5.74) is 2.53. The van der Waals surface area contributed by atoms with Gasteiger partial charge in [0.2, 0.25) is 0 Å². The third kappa shape index (κ3) is 2.48. The first kappa shape index (κ1) is 8.33. The van der Waals surface area contributed by atoms with Crippen LogP contribution in [0.15, 0.2) is 109 Å². The number of hydrogen-bond acceptors (Lipinski definition) is 0. The van der Waals surface area contributed by atoms with Crippen molar-refractivity contribution in [1.82, 2.24) is 0 Å². The fourth-order valence-electron chi connectivity index (χ4n) is 3.21. The summed E-state index contributed by atoms with van der Waals surface area (Å²) >= 11 is 0. The molecule has 0 atom stereocenters. The minimum Gasteiger partial charge on any atom is -0.0622 e. The van der Waals surface area contributed by atoms with E-state index in [0.29, 0.717) is 5.56 Å². The van der Waals surface area contributed by atoms with Gasteiger partial charge < -0.3 is 0 Å². The van der Waals surface area contributed by atoms with Crippen molar-refractivity contribution in [3.63, 3.8) is 0 Å². The Kier molecular flexibility index (Phi) is 1.98. The monoisotopic (exact) mass is 339 g/mol. The second kappa shape index (κ2) is 6.16. The largest absolute Gasteiger partial charge is 0.0636 e. The molecule has 0 heteroatoms. The van der Waals surface area contributed by atoms with E-state index in [1.54, 1.807) is 12.1 Å². The fourth-order valence-corrected chi connectivity index (χ4v) is 3.21. The Hall–Kier alpha value is -3.38. The average Bonchev–Trinajstić information content (AvgIpc) is 2.88. The van der Waals surface area contributed by atoms with Crippen molar-refractivity contribution in [3.8, 4) is 22.3 Å². The second-order valence-corrected chi connectivity index (χ2v) is 5.95. The van der Waals surface area contributed by atoms with E-state index < -0.39 is 36.3 Å². The van der Waals surface area contributed by atoms with E-state index in [0.717, 1.165) is 11.1 Å². The lowest BCUT2D eigenvalue weighted by Gasteiger charge is -2.13. The van der Waals surface area contributed by atoms with Gasteiger partial charge in [-0.3, -0.25) is 0 Å². The number of rotatable bonds is 2. The Morgan fingerprint density at radius 3 is 1.81 bits per heavy atom. The summed E-state index contributed by atoms with van der Waals surface area (Å²) in [4.78, 5) is 0. The van der Waals surface area contributed by atoms with Gasteiger partial charge in [0.05, 0.1) is 12.3 Å². The summed E-state index contributed by atoms with van der Waals surface area (Å²) in [6, 6.07) is 13.0. The van der Waals surface area contributed by atoms with E-state index in [9.17, 15) is 0 Å². The SMILES string of the molecule is [2H]c1c([2H])c([2H])c2c(-c3cccc(-c4ccccc4)c3)c3c([2H])c([2H])c([2H])c([2H])c3c([2H])c2c1[2H]. The van der Waals surface area contributed by atoms with Crippen LogP contribution in [0.2, 0.25) is 0 Å². The van der Waals surface area contributed by atoms with Crippen molar-refractivity contribution in [3.05, 3.63) is 109 Å². The highest BCUT2D eigenvalue weighted by Gasteiger charge is 2.10. The Morgan fingerprint density at radius 2 is 1.12 bits per heavy atom. The molecule has 0 aliphatic carbocycles. The molecule has 0 amide bonds. The maximum atomic E-state index is 8.78. The summed E-state index contributed by atoms with van der Waals surface area (Å²) in [6.45, 7) is 0. The zero-order valence-corrected chi connectivity index (χ0v) is 13.7. The average molecular weight is 339 g/mol. The van der Waals surface area contributed by atoms with E-state index in [2.05, 4.69) is 0 Å². The van der Waals surface area contributed by atoms with Gasteiger partial charge in [-0.15, -0.1) is 0 Å². The lowest BCUT2D eigenvalue weighted by molar-refractivity contribution is 1.61. The highest BCUT2D eigenvalue weighted by Crippen LogP contribution is 2.37. The summed E-state index contributed by atoms with van der Waals surface area (Å²) < 4.78 is 75.9.